The summed E-state index contributed by atoms with van der Waals surface area (Å²) in [6.45, 7) is 9.76. The minimum Gasteiger partial charge on any atom is -0.455 e. The molecule has 0 spiro atoms. The highest BCUT2D eigenvalue weighted by atomic mass is 32.2. The summed E-state index contributed by atoms with van der Waals surface area (Å²) in [4.78, 5) is 52.3. The number of piperazine rings is 1. The molecule has 2 saturated heterocycles. The number of amides is 2. The fourth-order valence-electron chi connectivity index (χ4n) is 8.33. The number of anilines is 2. The number of sulfonamides is 1. The van der Waals surface area contributed by atoms with Crippen LogP contribution in [-0.2, 0) is 32.5 Å². The third-order valence-electron chi connectivity index (χ3n) is 11.8. The molecule has 16 nitrogen and oxygen atoms in total. The van der Waals surface area contributed by atoms with E-state index in [-0.39, 0.29) is 40.8 Å². The molecule has 0 bridgehead atoms. The molecule has 1 atom stereocenters. The highest BCUT2D eigenvalue weighted by molar-refractivity contribution is 7.90. The molecule has 5 aromatic rings. The van der Waals surface area contributed by atoms with Crippen molar-refractivity contribution < 1.29 is 32.4 Å². The van der Waals surface area contributed by atoms with Crippen LogP contribution in [-0.4, -0.2) is 103 Å². The average Bonchev–Trinajstić information content (AvgIpc) is 3.73. The summed E-state index contributed by atoms with van der Waals surface area (Å²) < 4.78 is 41.1. The van der Waals surface area contributed by atoms with Crippen molar-refractivity contribution in [1.29, 1.82) is 0 Å². The molecule has 2 aromatic heterocycles. The molecule has 3 aromatic carbocycles. The van der Waals surface area contributed by atoms with Crippen molar-refractivity contribution in [2.45, 2.75) is 50.6 Å². The second kappa shape index (κ2) is 17.9. The van der Waals surface area contributed by atoms with Gasteiger partial charge in [0.15, 0.2) is 0 Å². The summed E-state index contributed by atoms with van der Waals surface area (Å²) in [5.74, 6) is -0.215. The number of nitrogens with zero attached hydrogens (tertiary/aromatic N) is 5. The predicted molar refractivity (Wildman–Crippen MR) is 230 cm³/mol. The quantitative estimate of drug-likeness (QED) is 0.0933. The molecule has 2 fully saturated rings. The number of aromatic nitrogens is 2. The molecule has 1 unspecified atom stereocenters. The van der Waals surface area contributed by atoms with Gasteiger partial charge in [0.05, 0.1) is 21.6 Å². The fraction of sp³-hybridized carbons (Fsp3) is 0.386. The molecule has 320 valence electrons. The standard InChI is InChI=1S/C44H50N8O8S/c1-29(2)44(54)51-27-33-6-4-3-5-31(33)21-35(51)28-49-15-17-50(18-16-49)34-7-9-38(41(23-34)60-36-22-32-11-14-45-42(32)47-26-36)43(53)48-61(57,58)37-8-10-39(40(24-37)52(55)56)46-25-30-12-19-59-20-13-30/h3-11,14,22-24,26,29-30,35,46H,12-13,15-21,25,27-28H2,1-2H3,(H,45,47)(H,48,53). The summed E-state index contributed by atoms with van der Waals surface area (Å²) in [6.07, 6.45) is 5.69. The zero-order valence-electron chi connectivity index (χ0n) is 34.2. The van der Waals surface area contributed by atoms with Crippen LogP contribution < -0.4 is 19.7 Å². The van der Waals surface area contributed by atoms with Crippen LogP contribution in [0.3, 0.4) is 0 Å². The van der Waals surface area contributed by atoms with Gasteiger partial charge in [-0.15, -0.1) is 0 Å². The molecular weight excluding hydrogens is 801 g/mol. The van der Waals surface area contributed by atoms with E-state index in [1.54, 1.807) is 24.4 Å². The van der Waals surface area contributed by atoms with E-state index in [1.807, 2.05) is 30.9 Å². The van der Waals surface area contributed by atoms with Crippen LogP contribution in [0.25, 0.3) is 11.0 Å². The lowest BCUT2D eigenvalue weighted by atomic mass is 9.92. The van der Waals surface area contributed by atoms with Crippen LogP contribution in [0.2, 0.25) is 0 Å². The van der Waals surface area contributed by atoms with Crippen LogP contribution >= 0.6 is 0 Å². The Balaban J connectivity index is 0.993. The van der Waals surface area contributed by atoms with Gasteiger partial charge in [0.2, 0.25) is 5.91 Å². The lowest BCUT2D eigenvalue weighted by Gasteiger charge is -2.43. The Kier molecular flexibility index (Phi) is 12.2. The number of ether oxygens (including phenoxy) is 2. The van der Waals surface area contributed by atoms with Crippen LogP contribution in [0.5, 0.6) is 11.5 Å². The lowest BCUT2D eigenvalue weighted by Crippen LogP contribution is -2.55. The van der Waals surface area contributed by atoms with Crippen molar-refractivity contribution in [3.05, 3.63) is 112 Å². The molecule has 3 aliphatic rings. The van der Waals surface area contributed by atoms with Crippen molar-refractivity contribution in [2.24, 2.45) is 11.8 Å². The Bertz CT molecular complexity index is 2530. The molecule has 2 amide bonds. The Hall–Kier alpha value is -6.04. The molecular formula is C44H50N8O8S. The number of nitro groups is 1. The monoisotopic (exact) mass is 850 g/mol. The Morgan fingerprint density at radius 1 is 1.00 bits per heavy atom. The first-order valence-electron chi connectivity index (χ1n) is 20.7. The molecule has 0 aliphatic carbocycles. The van der Waals surface area contributed by atoms with Gasteiger partial charge >= 0.3 is 0 Å². The molecule has 0 saturated carbocycles. The van der Waals surface area contributed by atoms with Crippen LogP contribution in [0, 0.1) is 22.0 Å². The molecule has 8 rings (SSSR count). The largest absolute Gasteiger partial charge is 0.455 e. The number of aromatic amines is 1. The summed E-state index contributed by atoms with van der Waals surface area (Å²) in [5, 5.41) is 15.9. The zero-order valence-corrected chi connectivity index (χ0v) is 35.0. The molecule has 3 aliphatic heterocycles. The van der Waals surface area contributed by atoms with Crippen LogP contribution in [0.15, 0.2) is 90.1 Å². The number of carbonyl (C=O) groups is 2. The van der Waals surface area contributed by atoms with Crippen molar-refractivity contribution in [3.8, 4) is 11.5 Å². The third kappa shape index (κ3) is 9.48. The van der Waals surface area contributed by atoms with E-state index in [0.29, 0.717) is 50.8 Å². The van der Waals surface area contributed by atoms with Gasteiger partial charge in [-0.05, 0) is 72.7 Å². The number of benzene rings is 3. The van der Waals surface area contributed by atoms with Gasteiger partial charge in [-0.1, -0.05) is 38.1 Å². The van der Waals surface area contributed by atoms with Gasteiger partial charge in [0, 0.05) is 100 Å². The second-order valence-corrected chi connectivity index (χ2v) is 17.9. The number of H-pyrrole nitrogens is 1. The zero-order chi connectivity index (χ0) is 42.7. The summed E-state index contributed by atoms with van der Waals surface area (Å²) in [7, 11) is -4.57. The van der Waals surface area contributed by atoms with Gasteiger partial charge in [-0.3, -0.25) is 24.6 Å². The lowest BCUT2D eigenvalue weighted by molar-refractivity contribution is -0.384. The summed E-state index contributed by atoms with van der Waals surface area (Å²) in [6, 6.07) is 20.5. The van der Waals surface area contributed by atoms with Crippen LogP contribution in [0.4, 0.5) is 17.1 Å². The number of nitro benzene ring substituents is 1. The SMILES string of the molecule is CC(C)C(=O)N1Cc2ccccc2CC1CN1CCN(c2ccc(C(=O)NS(=O)(=O)c3ccc(NCC4CCOCC4)c([N+](=O)[O-])c3)c(Oc3cnc4[nH]ccc4c3)c2)CC1. The van der Waals surface area contributed by atoms with Gasteiger partial charge in [0.25, 0.3) is 21.6 Å². The first kappa shape index (κ1) is 41.7. The summed E-state index contributed by atoms with van der Waals surface area (Å²) >= 11 is 0. The van der Waals surface area contributed by atoms with Gasteiger partial charge < -0.3 is 29.6 Å². The number of rotatable bonds is 13. The van der Waals surface area contributed by atoms with Gasteiger partial charge in [-0.2, -0.15) is 0 Å². The number of hydrogen-bond acceptors (Lipinski definition) is 12. The maximum Gasteiger partial charge on any atom is 0.293 e. The minimum atomic E-state index is -4.57. The molecule has 61 heavy (non-hydrogen) atoms. The molecule has 3 N–H and O–H groups in total. The first-order valence-corrected chi connectivity index (χ1v) is 22.2. The van der Waals surface area contributed by atoms with Crippen LogP contribution in [0.1, 0.15) is 48.2 Å². The number of carbonyl (C=O) groups excluding carboxylic acids is 2. The Labute approximate surface area is 354 Å². The van der Waals surface area contributed by atoms with Crippen molar-refractivity contribution in [2.75, 3.05) is 62.7 Å². The van der Waals surface area contributed by atoms with E-state index in [2.05, 4.69) is 48.0 Å². The van der Waals surface area contributed by atoms with Crippen molar-refractivity contribution in [3.63, 3.8) is 0 Å². The minimum absolute atomic E-state index is 0.0549. The number of pyridine rings is 1. The Morgan fingerprint density at radius 2 is 1.77 bits per heavy atom. The highest BCUT2D eigenvalue weighted by Crippen LogP contribution is 2.34. The topological polar surface area (TPSA) is 192 Å². The van der Waals surface area contributed by atoms with E-state index in [1.165, 1.54) is 35.5 Å². The summed E-state index contributed by atoms with van der Waals surface area (Å²) in [5.41, 5.74) is 3.60. The van der Waals surface area contributed by atoms with Gasteiger partial charge in [0.1, 0.15) is 22.8 Å². The molecule has 17 heteroatoms. The molecule has 5 heterocycles. The maximum absolute atomic E-state index is 13.9. The van der Waals surface area contributed by atoms with E-state index in [4.69, 9.17) is 9.47 Å². The third-order valence-corrected chi connectivity index (χ3v) is 13.1. The first-order chi connectivity index (χ1) is 29.4. The maximum atomic E-state index is 13.9. The smallest absolute Gasteiger partial charge is 0.293 e. The predicted octanol–water partition coefficient (Wildman–Crippen LogP) is 5.95. The Morgan fingerprint density at radius 3 is 2.52 bits per heavy atom. The normalized spacial score (nSPS) is 17.6. The second-order valence-electron chi connectivity index (χ2n) is 16.2. The van der Waals surface area contributed by atoms with Crippen molar-refractivity contribution >= 4 is 49.9 Å². The van der Waals surface area contributed by atoms with E-state index in [9.17, 15) is 28.1 Å². The van der Waals surface area contributed by atoms with E-state index in [0.717, 1.165) is 56.0 Å². The van der Waals surface area contributed by atoms with E-state index < -0.39 is 31.4 Å². The highest BCUT2D eigenvalue weighted by Gasteiger charge is 2.33. The van der Waals surface area contributed by atoms with E-state index >= 15 is 0 Å². The molecule has 0 radical (unpaired) electrons. The van der Waals surface area contributed by atoms with Gasteiger partial charge in [-0.25, -0.2) is 18.1 Å². The fourth-order valence-corrected chi connectivity index (χ4v) is 9.31. The number of nitrogens with one attached hydrogen (secondary N) is 3. The average molecular weight is 851 g/mol. The number of hydrogen-bond donors (Lipinski definition) is 3. The number of fused-ring (bicyclic) bond motifs is 2. The van der Waals surface area contributed by atoms with Crippen molar-refractivity contribution in [1.82, 2.24) is 24.5 Å².